The van der Waals surface area contributed by atoms with Crippen molar-refractivity contribution in [1.82, 2.24) is 30.4 Å². The van der Waals surface area contributed by atoms with Gasteiger partial charge in [-0.2, -0.15) is 10.2 Å². The molecule has 4 aromatic rings. The lowest BCUT2D eigenvalue weighted by Crippen LogP contribution is -2.20. The van der Waals surface area contributed by atoms with Crippen LogP contribution in [0.15, 0.2) is 65.0 Å². The summed E-state index contributed by atoms with van der Waals surface area (Å²) in [5.41, 5.74) is 5.66. The Labute approximate surface area is 198 Å². The maximum Gasteiger partial charge on any atom is 0.250 e. The number of hydrazone groups is 1. The van der Waals surface area contributed by atoms with Gasteiger partial charge in [-0.3, -0.25) is 14.5 Å². The first-order valence-electron chi connectivity index (χ1n) is 9.44. The number of carbonyl (C=O) groups is 1. The molecule has 11 heteroatoms. The summed E-state index contributed by atoms with van der Waals surface area (Å²) in [7, 11) is 0. The van der Waals surface area contributed by atoms with Crippen molar-refractivity contribution in [3.63, 3.8) is 0 Å². The molecular formula is C21H17Cl2N7OS. The van der Waals surface area contributed by atoms with Gasteiger partial charge < -0.3 is 0 Å². The smallest absolute Gasteiger partial charge is 0.250 e. The topological polar surface area (TPSA) is 101 Å². The van der Waals surface area contributed by atoms with Crippen LogP contribution < -0.4 is 5.43 Å². The van der Waals surface area contributed by atoms with E-state index in [9.17, 15) is 4.79 Å². The molecule has 0 atom stereocenters. The van der Waals surface area contributed by atoms with Gasteiger partial charge in [0.25, 0.3) is 5.91 Å². The number of H-pyrrole nitrogens is 1. The molecule has 0 unspecified atom stereocenters. The van der Waals surface area contributed by atoms with Crippen LogP contribution in [0.25, 0.3) is 16.9 Å². The van der Waals surface area contributed by atoms with E-state index in [4.69, 9.17) is 23.2 Å². The molecule has 0 fully saturated rings. The number of hydrogen-bond acceptors (Lipinski definition) is 6. The Balaban J connectivity index is 1.38. The highest BCUT2D eigenvalue weighted by molar-refractivity contribution is 7.99. The van der Waals surface area contributed by atoms with Crippen LogP contribution in [-0.2, 0) is 4.79 Å². The summed E-state index contributed by atoms with van der Waals surface area (Å²) in [6.45, 7) is 1.87. The van der Waals surface area contributed by atoms with E-state index in [2.05, 4.69) is 30.9 Å². The number of nitrogens with zero attached hydrogens (tertiary/aromatic N) is 5. The molecule has 2 aromatic carbocycles. The van der Waals surface area contributed by atoms with Crippen LogP contribution in [0.5, 0.6) is 0 Å². The molecule has 4 rings (SSSR count). The van der Waals surface area contributed by atoms with Crippen molar-refractivity contribution in [3.05, 3.63) is 76.2 Å². The monoisotopic (exact) mass is 485 g/mol. The second-order valence-electron chi connectivity index (χ2n) is 6.61. The molecule has 32 heavy (non-hydrogen) atoms. The molecule has 0 aliphatic rings. The van der Waals surface area contributed by atoms with Gasteiger partial charge in [-0.15, -0.1) is 10.2 Å². The fourth-order valence-electron chi connectivity index (χ4n) is 2.92. The Morgan fingerprint density at radius 3 is 2.78 bits per heavy atom. The van der Waals surface area contributed by atoms with Crippen molar-refractivity contribution in [1.29, 1.82) is 0 Å². The predicted octanol–water partition coefficient (Wildman–Crippen LogP) is 4.52. The summed E-state index contributed by atoms with van der Waals surface area (Å²) in [5, 5.41) is 20.8. The molecule has 1 amide bonds. The van der Waals surface area contributed by atoms with Gasteiger partial charge in [0.15, 0.2) is 5.16 Å². The van der Waals surface area contributed by atoms with Crippen LogP contribution in [0.4, 0.5) is 0 Å². The highest BCUT2D eigenvalue weighted by Crippen LogP contribution is 2.28. The summed E-state index contributed by atoms with van der Waals surface area (Å²) in [4.78, 5) is 12.3. The number of aromatic amines is 1. The van der Waals surface area contributed by atoms with Crippen LogP contribution in [0.1, 0.15) is 11.4 Å². The van der Waals surface area contributed by atoms with E-state index in [-0.39, 0.29) is 11.7 Å². The summed E-state index contributed by atoms with van der Waals surface area (Å²) < 4.78 is 1.90. The molecule has 0 spiro atoms. The number of aromatic nitrogens is 5. The fraction of sp³-hybridized carbons (Fsp3) is 0.0952. The lowest BCUT2D eigenvalue weighted by atomic mass is 10.1. The van der Waals surface area contributed by atoms with Gasteiger partial charge in [0.05, 0.1) is 33.9 Å². The van der Waals surface area contributed by atoms with E-state index in [1.165, 1.54) is 18.0 Å². The molecule has 2 heterocycles. The van der Waals surface area contributed by atoms with Crippen LogP contribution >= 0.6 is 35.0 Å². The number of thioether (sulfide) groups is 1. The normalized spacial score (nSPS) is 11.2. The lowest BCUT2D eigenvalue weighted by Gasteiger charge is -2.07. The molecule has 0 radical (unpaired) electrons. The third-order valence-corrected chi connectivity index (χ3v) is 6.08. The SMILES string of the molecule is Cc1nnc(SCC(=O)NN=Cc2cn[nH]c2-c2ccc(Cl)c(Cl)c2)n1-c1ccccc1. The average molecular weight is 486 g/mol. The van der Waals surface area contributed by atoms with Gasteiger partial charge in [0, 0.05) is 16.8 Å². The standard InChI is InChI=1S/C21H17Cl2N7OS/c1-13-26-29-21(30(13)16-5-3-2-4-6-16)32-12-19(31)27-24-10-15-11-25-28-20(15)14-7-8-17(22)18(23)9-14/h2-11H,12H2,1H3,(H,25,28)(H,27,31). The number of halogens is 2. The molecule has 2 aromatic heterocycles. The number of nitrogens with one attached hydrogen (secondary N) is 2. The minimum Gasteiger partial charge on any atom is -0.277 e. The van der Waals surface area contributed by atoms with Gasteiger partial charge in [-0.05, 0) is 31.2 Å². The zero-order valence-electron chi connectivity index (χ0n) is 16.8. The second-order valence-corrected chi connectivity index (χ2v) is 8.37. The van der Waals surface area contributed by atoms with Crippen molar-refractivity contribution in [2.45, 2.75) is 12.1 Å². The predicted molar refractivity (Wildman–Crippen MR) is 127 cm³/mol. The zero-order chi connectivity index (χ0) is 22.5. The van der Waals surface area contributed by atoms with Gasteiger partial charge in [0.1, 0.15) is 5.82 Å². The van der Waals surface area contributed by atoms with Crippen molar-refractivity contribution >= 4 is 47.1 Å². The third kappa shape index (κ3) is 5.01. The van der Waals surface area contributed by atoms with Crippen molar-refractivity contribution in [3.8, 4) is 16.9 Å². The molecule has 0 aliphatic heterocycles. The second kappa shape index (κ2) is 9.99. The molecular weight excluding hydrogens is 469 g/mol. The number of carbonyl (C=O) groups excluding carboxylic acids is 1. The van der Waals surface area contributed by atoms with Crippen molar-refractivity contribution in [2.75, 3.05) is 5.75 Å². The highest BCUT2D eigenvalue weighted by atomic mass is 35.5. The number of rotatable bonds is 7. The molecule has 0 aliphatic carbocycles. The summed E-state index contributed by atoms with van der Waals surface area (Å²) >= 11 is 13.4. The third-order valence-electron chi connectivity index (χ3n) is 4.41. The highest BCUT2D eigenvalue weighted by Gasteiger charge is 2.13. The number of amides is 1. The van der Waals surface area contributed by atoms with Crippen LogP contribution in [0, 0.1) is 6.92 Å². The first-order chi connectivity index (χ1) is 15.5. The summed E-state index contributed by atoms with van der Waals surface area (Å²) in [6, 6.07) is 15.0. The van der Waals surface area contributed by atoms with E-state index in [1.807, 2.05) is 47.9 Å². The number of para-hydroxylation sites is 1. The number of aryl methyl sites for hydroxylation is 1. The van der Waals surface area contributed by atoms with E-state index in [1.54, 1.807) is 18.3 Å². The van der Waals surface area contributed by atoms with Crippen LogP contribution in [-0.4, -0.2) is 42.8 Å². The maximum absolute atomic E-state index is 12.3. The molecule has 0 bridgehead atoms. The van der Waals surface area contributed by atoms with E-state index < -0.39 is 0 Å². The van der Waals surface area contributed by atoms with Crippen molar-refractivity contribution in [2.24, 2.45) is 5.10 Å². The zero-order valence-corrected chi connectivity index (χ0v) is 19.1. The minimum absolute atomic E-state index is 0.132. The number of hydrogen-bond donors (Lipinski definition) is 2. The Morgan fingerprint density at radius 1 is 1.19 bits per heavy atom. The Hall–Kier alpha value is -3.14. The molecule has 0 saturated heterocycles. The summed E-state index contributed by atoms with van der Waals surface area (Å²) in [6.07, 6.45) is 3.12. The van der Waals surface area contributed by atoms with E-state index >= 15 is 0 Å². The molecule has 2 N–H and O–H groups in total. The average Bonchev–Trinajstić information content (AvgIpc) is 3.41. The Bertz CT molecular complexity index is 1270. The van der Waals surface area contributed by atoms with E-state index in [0.717, 1.165) is 17.1 Å². The first kappa shape index (κ1) is 22.1. The first-order valence-corrected chi connectivity index (χ1v) is 11.2. The fourth-order valence-corrected chi connectivity index (χ4v) is 4.01. The Morgan fingerprint density at radius 2 is 2.00 bits per heavy atom. The minimum atomic E-state index is -0.272. The van der Waals surface area contributed by atoms with Crippen LogP contribution in [0.2, 0.25) is 10.0 Å². The largest absolute Gasteiger partial charge is 0.277 e. The van der Waals surface area contributed by atoms with Gasteiger partial charge in [-0.1, -0.05) is 59.2 Å². The van der Waals surface area contributed by atoms with E-state index in [0.29, 0.717) is 26.5 Å². The van der Waals surface area contributed by atoms with Crippen molar-refractivity contribution < 1.29 is 4.79 Å². The maximum atomic E-state index is 12.3. The quantitative estimate of drug-likeness (QED) is 0.227. The van der Waals surface area contributed by atoms with Gasteiger partial charge in [-0.25, -0.2) is 5.43 Å². The number of benzene rings is 2. The van der Waals surface area contributed by atoms with Crippen LogP contribution in [0.3, 0.4) is 0 Å². The van der Waals surface area contributed by atoms with Gasteiger partial charge in [0.2, 0.25) is 0 Å². The molecule has 8 nitrogen and oxygen atoms in total. The van der Waals surface area contributed by atoms with Gasteiger partial charge >= 0.3 is 0 Å². The summed E-state index contributed by atoms with van der Waals surface area (Å²) in [5.74, 6) is 0.603. The molecule has 0 saturated carbocycles. The lowest BCUT2D eigenvalue weighted by molar-refractivity contribution is -0.118. The Kier molecular flexibility index (Phi) is 6.89. The molecule has 162 valence electrons.